The second kappa shape index (κ2) is 9.59. The Bertz CT molecular complexity index is 1060. The lowest BCUT2D eigenvalue weighted by Crippen LogP contribution is -2.40. The van der Waals surface area contributed by atoms with Crippen LogP contribution in [0.3, 0.4) is 0 Å². The van der Waals surface area contributed by atoms with Gasteiger partial charge in [0.05, 0.1) is 10.6 Å². The van der Waals surface area contributed by atoms with Crippen LogP contribution in [0.2, 0.25) is 0 Å². The van der Waals surface area contributed by atoms with Gasteiger partial charge in [0, 0.05) is 6.54 Å². The number of carbonyl (C=O) groups excluding carboxylic acids is 1. The van der Waals surface area contributed by atoms with E-state index in [-0.39, 0.29) is 17.3 Å². The minimum Gasteiger partial charge on any atom is -0.350 e. The van der Waals surface area contributed by atoms with Gasteiger partial charge >= 0.3 is 0 Å². The van der Waals surface area contributed by atoms with E-state index in [1.807, 2.05) is 24.3 Å². The summed E-state index contributed by atoms with van der Waals surface area (Å²) >= 11 is 0. The summed E-state index contributed by atoms with van der Waals surface area (Å²) in [6, 6.07) is 24.8. The molecule has 30 heavy (non-hydrogen) atoms. The van der Waals surface area contributed by atoms with Gasteiger partial charge in [-0.2, -0.15) is 0 Å². The van der Waals surface area contributed by atoms with Crippen molar-refractivity contribution >= 4 is 21.6 Å². The summed E-state index contributed by atoms with van der Waals surface area (Å²) in [5.41, 5.74) is 2.64. The van der Waals surface area contributed by atoms with E-state index in [2.05, 4.69) is 19.2 Å². The van der Waals surface area contributed by atoms with Crippen molar-refractivity contribution in [3.8, 4) is 0 Å². The Morgan fingerprint density at radius 1 is 0.867 bits per heavy atom. The van der Waals surface area contributed by atoms with E-state index < -0.39 is 10.0 Å². The number of rotatable bonds is 8. The Morgan fingerprint density at radius 2 is 1.43 bits per heavy atom. The van der Waals surface area contributed by atoms with Crippen molar-refractivity contribution in [2.75, 3.05) is 10.8 Å². The first-order valence-corrected chi connectivity index (χ1v) is 11.3. The maximum Gasteiger partial charge on any atom is 0.264 e. The third kappa shape index (κ3) is 5.27. The fourth-order valence-corrected chi connectivity index (χ4v) is 4.48. The largest absolute Gasteiger partial charge is 0.350 e. The molecular weight excluding hydrogens is 396 g/mol. The number of hydrogen-bond acceptors (Lipinski definition) is 3. The molecule has 156 valence electrons. The second-order valence-electron chi connectivity index (χ2n) is 7.33. The zero-order valence-corrected chi connectivity index (χ0v) is 18.0. The average Bonchev–Trinajstić information content (AvgIpc) is 2.77. The molecule has 0 fully saturated rings. The van der Waals surface area contributed by atoms with E-state index >= 15 is 0 Å². The minimum atomic E-state index is -3.87. The lowest BCUT2D eigenvalue weighted by molar-refractivity contribution is -0.119. The van der Waals surface area contributed by atoms with E-state index in [0.29, 0.717) is 18.2 Å². The van der Waals surface area contributed by atoms with Crippen molar-refractivity contribution in [2.24, 2.45) is 0 Å². The highest BCUT2D eigenvalue weighted by Crippen LogP contribution is 2.23. The summed E-state index contributed by atoms with van der Waals surface area (Å²) in [4.78, 5) is 12.8. The van der Waals surface area contributed by atoms with E-state index in [9.17, 15) is 13.2 Å². The SMILES string of the molecule is CC(C)c1ccc(CNC(=O)CN(c2ccccc2)S(=O)(=O)c2ccccc2)cc1. The smallest absolute Gasteiger partial charge is 0.264 e. The molecule has 0 aliphatic carbocycles. The average molecular weight is 423 g/mol. The van der Waals surface area contributed by atoms with Crippen molar-refractivity contribution in [3.05, 3.63) is 96.1 Å². The lowest BCUT2D eigenvalue weighted by atomic mass is 10.0. The molecule has 0 radical (unpaired) electrons. The molecule has 1 N–H and O–H groups in total. The number of amides is 1. The van der Waals surface area contributed by atoms with E-state index in [1.54, 1.807) is 48.5 Å². The number of para-hydroxylation sites is 1. The van der Waals surface area contributed by atoms with Crippen LogP contribution in [-0.2, 0) is 21.4 Å². The number of hydrogen-bond donors (Lipinski definition) is 1. The van der Waals surface area contributed by atoms with Crippen molar-refractivity contribution in [2.45, 2.75) is 31.2 Å². The predicted octanol–water partition coefficient (Wildman–Crippen LogP) is 4.32. The molecule has 3 aromatic carbocycles. The maximum absolute atomic E-state index is 13.2. The van der Waals surface area contributed by atoms with E-state index in [1.165, 1.54) is 17.7 Å². The first kappa shape index (κ1) is 21.6. The van der Waals surface area contributed by atoms with Gasteiger partial charge in [-0.15, -0.1) is 0 Å². The Morgan fingerprint density at radius 3 is 2.00 bits per heavy atom. The van der Waals surface area contributed by atoms with Crippen molar-refractivity contribution in [1.82, 2.24) is 5.32 Å². The zero-order valence-electron chi connectivity index (χ0n) is 17.2. The van der Waals surface area contributed by atoms with Gasteiger partial charge in [-0.1, -0.05) is 74.5 Å². The van der Waals surface area contributed by atoms with Crippen molar-refractivity contribution in [1.29, 1.82) is 0 Å². The van der Waals surface area contributed by atoms with Gasteiger partial charge in [0.25, 0.3) is 10.0 Å². The molecule has 1 amide bonds. The van der Waals surface area contributed by atoms with Crippen LogP contribution < -0.4 is 9.62 Å². The highest BCUT2D eigenvalue weighted by atomic mass is 32.2. The van der Waals surface area contributed by atoms with Gasteiger partial charge in [0.2, 0.25) is 5.91 Å². The van der Waals surface area contributed by atoms with Crippen molar-refractivity contribution < 1.29 is 13.2 Å². The molecule has 0 saturated carbocycles. The summed E-state index contributed by atoms with van der Waals surface area (Å²) in [7, 11) is -3.87. The van der Waals surface area contributed by atoms with Gasteiger partial charge < -0.3 is 5.32 Å². The fraction of sp³-hybridized carbons (Fsp3) is 0.208. The topological polar surface area (TPSA) is 66.5 Å². The molecular formula is C24H26N2O3S. The number of nitrogens with zero attached hydrogens (tertiary/aromatic N) is 1. The molecule has 0 bridgehead atoms. The van der Waals surface area contributed by atoms with Gasteiger partial charge in [0.15, 0.2) is 0 Å². The number of anilines is 1. The highest BCUT2D eigenvalue weighted by molar-refractivity contribution is 7.92. The maximum atomic E-state index is 13.2. The second-order valence-corrected chi connectivity index (χ2v) is 9.20. The summed E-state index contributed by atoms with van der Waals surface area (Å²) in [6.45, 7) is 4.29. The monoisotopic (exact) mass is 422 g/mol. The molecule has 6 heteroatoms. The number of carbonyl (C=O) groups is 1. The van der Waals surface area contributed by atoms with E-state index in [0.717, 1.165) is 9.87 Å². The molecule has 0 heterocycles. The van der Waals surface area contributed by atoms with E-state index in [4.69, 9.17) is 0 Å². The molecule has 0 spiro atoms. The highest BCUT2D eigenvalue weighted by Gasteiger charge is 2.26. The van der Waals surface area contributed by atoms with Crippen LogP contribution in [0, 0.1) is 0 Å². The summed E-state index contributed by atoms with van der Waals surface area (Å²) in [5.74, 6) is 0.0718. The first-order chi connectivity index (χ1) is 14.4. The quantitative estimate of drug-likeness (QED) is 0.588. The van der Waals surface area contributed by atoms with Crippen LogP contribution in [0.4, 0.5) is 5.69 Å². The van der Waals surface area contributed by atoms with Crippen LogP contribution >= 0.6 is 0 Å². The van der Waals surface area contributed by atoms with Crippen LogP contribution in [0.5, 0.6) is 0 Å². The Balaban J connectivity index is 1.76. The van der Waals surface area contributed by atoms with Gasteiger partial charge in [-0.25, -0.2) is 8.42 Å². The predicted molar refractivity (Wildman–Crippen MR) is 120 cm³/mol. The molecule has 0 saturated heterocycles. The lowest BCUT2D eigenvalue weighted by Gasteiger charge is -2.24. The summed E-state index contributed by atoms with van der Waals surface area (Å²) in [6.07, 6.45) is 0. The fourth-order valence-electron chi connectivity index (χ4n) is 3.04. The Kier molecular flexibility index (Phi) is 6.90. The molecule has 3 aromatic rings. The third-order valence-corrected chi connectivity index (χ3v) is 6.59. The Labute approximate surface area is 178 Å². The third-order valence-electron chi connectivity index (χ3n) is 4.80. The van der Waals surface area contributed by atoms with Crippen LogP contribution in [-0.4, -0.2) is 20.9 Å². The molecule has 3 rings (SSSR count). The molecule has 0 aliphatic rings. The van der Waals surface area contributed by atoms with Crippen molar-refractivity contribution in [3.63, 3.8) is 0 Å². The number of nitrogens with one attached hydrogen (secondary N) is 1. The number of sulfonamides is 1. The van der Waals surface area contributed by atoms with Gasteiger partial charge in [-0.3, -0.25) is 9.10 Å². The summed E-state index contributed by atoms with van der Waals surface area (Å²) in [5, 5.41) is 2.83. The molecule has 5 nitrogen and oxygen atoms in total. The normalized spacial score (nSPS) is 11.3. The van der Waals surface area contributed by atoms with Crippen LogP contribution in [0.25, 0.3) is 0 Å². The zero-order chi connectivity index (χ0) is 21.6. The molecule has 0 aromatic heterocycles. The summed E-state index contributed by atoms with van der Waals surface area (Å²) < 4.78 is 27.5. The molecule has 0 atom stereocenters. The minimum absolute atomic E-state index is 0.144. The molecule has 0 aliphatic heterocycles. The van der Waals surface area contributed by atoms with Gasteiger partial charge in [-0.05, 0) is 41.3 Å². The van der Waals surface area contributed by atoms with Gasteiger partial charge in [0.1, 0.15) is 6.54 Å². The standard InChI is InChI=1S/C24H26N2O3S/c1-19(2)21-15-13-20(14-16-21)17-25-24(27)18-26(22-9-5-3-6-10-22)30(28,29)23-11-7-4-8-12-23/h3-16,19H,17-18H2,1-2H3,(H,25,27). The van der Waals surface area contributed by atoms with Crippen LogP contribution in [0.1, 0.15) is 30.9 Å². The van der Waals surface area contributed by atoms with Crippen LogP contribution in [0.15, 0.2) is 89.8 Å². The first-order valence-electron chi connectivity index (χ1n) is 9.86. The number of benzene rings is 3. The molecule has 0 unspecified atom stereocenters. The Hall–Kier alpha value is -3.12.